The van der Waals surface area contributed by atoms with Crippen LogP contribution < -0.4 is 10.6 Å². The average molecular weight is 426 g/mol. The lowest BCUT2D eigenvalue weighted by atomic mass is 9.49. The van der Waals surface area contributed by atoms with E-state index in [0.29, 0.717) is 34.7 Å². The van der Waals surface area contributed by atoms with Crippen molar-refractivity contribution in [2.24, 2.45) is 29.1 Å². The number of rotatable bonds is 7. The molecule has 4 fully saturated rings. The van der Waals surface area contributed by atoms with Crippen LogP contribution in [0.5, 0.6) is 0 Å². The third kappa shape index (κ3) is 4.39. The standard InChI is InChI=1S/C25H35N3O3/c1-14(2)22(23(30)26-13-20-5-6-21(16(4)29)15(3)27-20)28-24(31)25-10-17-7-18(11-25)9-19(8-17)12-25/h5-6,14,17-19,22H,7-13H2,1-4H3,(H,26,30)(H,28,31). The van der Waals surface area contributed by atoms with Crippen molar-refractivity contribution in [3.63, 3.8) is 0 Å². The molecule has 1 heterocycles. The number of amides is 2. The largest absolute Gasteiger partial charge is 0.349 e. The van der Waals surface area contributed by atoms with E-state index in [2.05, 4.69) is 15.6 Å². The van der Waals surface area contributed by atoms with Gasteiger partial charge in [-0.25, -0.2) is 0 Å². The molecular formula is C25H35N3O3. The van der Waals surface area contributed by atoms with Gasteiger partial charge in [0.25, 0.3) is 0 Å². The van der Waals surface area contributed by atoms with Crippen LogP contribution in [-0.2, 0) is 16.1 Å². The number of carbonyl (C=O) groups excluding carboxylic acids is 3. The highest BCUT2D eigenvalue weighted by Crippen LogP contribution is 2.60. The maximum Gasteiger partial charge on any atom is 0.243 e. The Morgan fingerprint density at radius 3 is 2.13 bits per heavy atom. The quantitative estimate of drug-likeness (QED) is 0.654. The van der Waals surface area contributed by atoms with Gasteiger partial charge in [0.05, 0.1) is 12.2 Å². The predicted molar refractivity (Wildman–Crippen MR) is 118 cm³/mol. The van der Waals surface area contributed by atoms with Crippen LogP contribution in [0.4, 0.5) is 0 Å². The Morgan fingerprint density at radius 1 is 1.06 bits per heavy atom. The smallest absolute Gasteiger partial charge is 0.243 e. The van der Waals surface area contributed by atoms with Gasteiger partial charge >= 0.3 is 0 Å². The zero-order chi connectivity index (χ0) is 22.3. The highest BCUT2D eigenvalue weighted by Gasteiger charge is 2.55. The highest BCUT2D eigenvalue weighted by molar-refractivity contribution is 5.95. The van der Waals surface area contributed by atoms with Gasteiger partial charge in [0.2, 0.25) is 11.8 Å². The molecule has 31 heavy (non-hydrogen) atoms. The van der Waals surface area contributed by atoms with E-state index in [1.165, 1.54) is 26.2 Å². The lowest BCUT2D eigenvalue weighted by molar-refractivity contribution is -0.149. The third-order valence-corrected chi connectivity index (χ3v) is 7.72. The first kappa shape index (κ1) is 22.0. The van der Waals surface area contributed by atoms with Crippen molar-refractivity contribution in [2.45, 2.75) is 78.8 Å². The lowest BCUT2D eigenvalue weighted by Crippen LogP contribution is -2.58. The molecule has 0 radical (unpaired) electrons. The van der Waals surface area contributed by atoms with E-state index in [0.717, 1.165) is 19.3 Å². The van der Waals surface area contributed by atoms with Crippen LogP contribution in [0.1, 0.15) is 81.0 Å². The van der Waals surface area contributed by atoms with Crippen molar-refractivity contribution in [2.75, 3.05) is 0 Å². The van der Waals surface area contributed by atoms with E-state index >= 15 is 0 Å². The Morgan fingerprint density at radius 2 is 1.65 bits per heavy atom. The third-order valence-electron chi connectivity index (χ3n) is 7.72. The molecule has 1 atom stereocenters. The molecule has 0 aliphatic heterocycles. The summed E-state index contributed by atoms with van der Waals surface area (Å²) in [5.41, 5.74) is 1.70. The first-order valence-corrected chi connectivity index (χ1v) is 11.7. The maximum absolute atomic E-state index is 13.4. The second-order valence-corrected chi connectivity index (χ2v) is 10.6. The number of aryl methyl sites for hydroxylation is 1. The Labute approximate surface area is 185 Å². The summed E-state index contributed by atoms with van der Waals surface area (Å²) in [6.07, 6.45) is 6.83. The molecule has 4 saturated carbocycles. The number of nitrogens with zero attached hydrogens (tertiary/aromatic N) is 1. The van der Waals surface area contributed by atoms with Crippen molar-refractivity contribution in [1.29, 1.82) is 0 Å². The molecule has 2 amide bonds. The van der Waals surface area contributed by atoms with Crippen molar-refractivity contribution in [1.82, 2.24) is 15.6 Å². The van der Waals surface area contributed by atoms with E-state index in [4.69, 9.17) is 0 Å². The number of pyridine rings is 1. The summed E-state index contributed by atoms with van der Waals surface area (Å²) in [5.74, 6) is 1.95. The number of nitrogens with one attached hydrogen (secondary N) is 2. The van der Waals surface area contributed by atoms with Crippen LogP contribution in [0.15, 0.2) is 12.1 Å². The fourth-order valence-electron chi connectivity index (χ4n) is 6.59. The minimum Gasteiger partial charge on any atom is -0.349 e. The zero-order valence-electron chi connectivity index (χ0n) is 19.2. The Kier molecular flexibility index (Phi) is 5.93. The molecular weight excluding hydrogens is 390 g/mol. The Balaban J connectivity index is 1.39. The van der Waals surface area contributed by atoms with Crippen molar-refractivity contribution in [3.05, 3.63) is 29.1 Å². The van der Waals surface area contributed by atoms with Gasteiger partial charge in [0.1, 0.15) is 6.04 Å². The van der Waals surface area contributed by atoms with E-state index in [-0.39, 0.29) is 35.5 Å². The van der Waals surface area contributed by atoms with Crippen molar-refractivity contribution in [3.8, 4) is 0 Å². The molecule has 5 rings (SSSR count). The van der Waals surface area contributed by atoms with Crippen molar-refractivity contribution >= 4 is 17.6 Å². The van der Waals surface area contributed by atoms with Crippen LogP contribution in [-0.4, -0.2) is 28.6 Å². The molecule has 0 saturated heterocycles. The van der Waals surface area contributed by atoms with Gasteiger partial charge in [0.15, 0.2) is 5.78 Å². The summed E-state index contributed by atoms with van der Waals surface area (Å²) < 4.78 is 0. The Hall–Kier alpha value is -2.24. The first-order valence-electron chi connectivity index (χ1n) is 11.7. The van der Waals surface area contributed by atoms with Crippen LogP contribution >= 0.6 is 0 Å². The number of hydrogen-bond donors (Lipinski definition) is 2. The maximum atomic E-state index is 13.4. The number of carbonyl (C=O) groups is 3. The normalized spacial score (nSPS) is 29.6. The van der Waals surface area contributed by atoms with Crippen LogP contribution in [0.25, 0.3) is 0 Å². The second-order valence-electron chi connectivity index (χ2n) is 10.6. The lowest BCUT2D eigenvalue weighted by Gasteiger charge is -2.55. The predicted octanol–water partition coefficient (Wildman–Crippen LogP) is 3.57. The zero-order valence-corrected chi connectivity index (χ0v) is 19.2. The summed E-state index contributed by atoms with van der Waals surface area (Å²) in [4.78, 5) is 42.4. The van der Waals surface area contributed by atoms with E-state index in [9.17, 15) is 14.4 Å². The molecule has 6 nitrogen and oxygen atoms in total. The molecule has 2 N–H and O–H groups in total. The topological polar surface area (TPSA) is 88.2 Å². The molecule has 0 aromatic carbocycles. The molecule has 6 heteroatoms. The number of ketones is 1. The molecule has 1 aromatic rings. The van der Waals surface area contributed by atoms with Gasteiger partial charge in [-0.1, -0.05) is 13.8 Å². The molecule has 0 spiro atoms. The fraction of sp³-hybridized carbons (Fsp3) is 0.680. The van der Waals surface area contributed by atoms with Gasteiger partial charge in [0, 0.05) is 16.7 Å². The van der Waals surface area contributed by atoms with Gasteiger partial charge in [-0.2, -0.15) is 0 Å². The molecule has 168 valence electrons. The van der Waals surface area contributed by atoms with Gasteiger partial charge in [-0.15, -0.1) is 0 Å². The summed E-state index contributed by atoms with van der Waals surface area (Å²) in [6.45, 7) is 7.52. The summed E-state index contributed by atoms with van der Waals surface area (Å²) in [6, 6.07) is 2.96. The molecule has 4 bridgehead atoms. The number of aromatic nitrogens is 1. The van der Waals surface area contributed by atoms with Crippen LogP contribution in [0.3, 0.4) is 0 Å². The van der Waals surface area contributed by atoms with E-state index in [1.54, 1.807) is 19.1 Å². The average Bonchev–Trinajstić information content (AvgIpc) is 2.68. The summed E-state index contributed by atoms with van der Waals surface area (Å²) in [5, 5.41) is 6.06. The van der Waals surface area contributed by atoms with E-state index in [1.807, 2.05) is 13.8 Å². The molecule has 1 aromatic heterocycles. The number of Topliss-reactive ketones (excluding diaryl/α,β-unsaturated/α-hetero) is 1. The SMILES string of the molecule is CC(=O)c1ccc(CNC(=O)C(NC(=O)C23CC4CC(CC(C4)C2)C3)C(C)C)nc1C. The van der Waals surface area contributed by atoms with Crippen LogP contribution in [0.2, 0.25) is 0 Å². The summed E-state index contributed by atoms with van der Waals surface area (Å²) in [7, 11) is 0. The van der Waals surface area contributed by atoms with Gasteiger partial charge < -0.3 is 10.6 Å². The number of hydrogen-bond acceptors (Lipinski definition) is 4. The first-order chi connectivity index (χ1) is 14.7. The molecule has 4 aliphatic carbocycles. The monoisotopic (exact) mass is 425 g/mol. The summed E-state index contributed by atoms with van der Waals surface area (Å²) >= 11 is 0. The highest BCUT2D eigenvalue weighted by atomic mass is 16.2. The molecule has 4 aliphatic rings. The van der Waals surface area contributed by atoms with Gasteiger partial charge in [-0.05, 0) is 88.2 Å². The minimum absolute atomic E-state index is 0.00681. The Bertz CT molecular complexity index is 857. The minimum atomic E-state index is -0.557. The molecule has 1 unspecified atom stereocenters. The van der Waals surface area contributed by atoms with Crippen molar-refractivity contribution < 1.29 is 14.4 Å². The second kappa shape index (κ2) is 8.36. The van der Waals surface area contributed by atoms with Crippen LogP contribution in [0, 0.1) is 36.0 Å². The van der Waals surface area contributed by atoms with E-state index < -0.39 is 6.04 Å². The fourth-order valence-corrected chi connectivity index (χ4v) is 6.59. The van der Waals surface area contributed by atoms with Gasteiger partial charge in [-0.3, -0.25) is 19.4 Å².